The molecule has 0 bridgehead atoms. The molecule has 3 aliphatic heterocycles. The van der Waals surface area contributed by atoms with Crippen LogP contribution in [0.4, 0.5) is 20.3 Å². The number of carbonyl (C=O) groups is 1. The average Bonchev–Trinajstić information content (AvgIpc) is 3.97. The minimum absolute atomic E-state index is 0.0166. The molecular formula is C48H57F2N7O7. The Morgan fingerprint density at radius 1 is 1.12 bits per heavy atom. The summed E-state index contributed by atoms with van der Waals surface area (Å²) in [6.07, 6.45) is 12.8. The Kier molecular flexibility index (Phi) is 14.5. The largest absolute Gasteiger partial charge is 0.519 e. The molecular weight excluding hydrogens is 825 g/mol. The number of aryl methyl sites for hydroxylation is 2. The van der Waals surface area contributed by atoms with Crippen molar-refractivity contribution in [3.05, 3.63) is 80.8 Å². The molecule has 6 heterocycles. The van der Waals surface area contributed by atoms with Gasteiger partial charge in [0.2, 0.25) is 0 Å². The van der Waals surface area contributed by atoms with Crippen molar-refractivity contribution < 1.29 is 36.6 Å². The van der Waals surface area contributed by atoms with Gasteiger partial charge in [0.15, 0.2) is 17.3 Å². The zero-order valence-electron chi connectivity index (χ0n) is 37.5. The standard InChI is InChI=1S/C46H51F2N7O7.C2H6/c1-6-17-54(24-37-28(4)61-45(57)62-37)23-30-11-8-12-35-39-42(52-44(53-43(39)50-30)59-25-46-15-9-18-55(46)19-10-16-46)40(48)41(51-35)33-21-31(49-22-36(58-5)27(3)60-26-56)20-29-13-14-34(47)32(7-2)38(29)33;1-2/h2,13-14,20-21,26,30,49H,6,8-12,15-19,22-25H2,1,3-5H3,(H,50,52,53);1-2H3/b36-27-;. The second-order valence-electron chi connectivity index (χ2n) is 16.3. The number of anilines is 2. The number of halogens is 2. The second-order valence-corrected chi connectivity index (χ2v) is 16.3. The molecule has 2 aromatic carbocycles. The molecule has 64 heavy (non-hydrogen) atoms. The number of fused-ring (bicyclic) bond motifs is 2. The number of carbonyl (C=O) groups excluding carboxylic acids is 1. The van der Waals surface area contributed by atoms with Gasteiger partial charge in [-0.1, -0.05) is 32.8 Å². The first kappa shape index (κ1) is 46.0. The first-order valence-electron chi connectivity index (χ1n) is 22.2. The smallest absolute Gasteiger partial charge is 0.496 e. The second kappa shape index (κ2) is 20.2. The third kappa shape index (κ3) is 9.42. The van der Waals surface area contributed by atoms with Gasteiger partial charge < -0.3 is 33.7 Å². The van der Waals surface area contributed by atoms with E-state index in [2.05, 4.69) is 33.3 Å². The lowest BCUT2D eigenvalue weighted by Crippen LogP contribution is -2.43. The van der Waals surface area contributed by atoms with E-state index in [0.717, 1.165) is 51.7 Å². The number of hydrogen-bond donors (Lipinski definition) is 2. The summed E-state index contributed by atoms with van der Waals surface area (Å²) in [6, 6.07) is 6.21. The van der Waals surface area contributed by atoms with Crippen LogP contribution in [0, 0.1) is 30.9 Å². The van der Waals surface area contributed by atoms with Gasteiger partial charge in [0.1, 0.15) is 41.0 Å². The van der Waals surface area contributed by atoms with Crippen molar-refractivity contribution in [3.63, 3.8) is 0 Å². The maximum absolute atomic E-state index is 17.7. The van der Waals surface area contributed by atoms with Gasteiger partial charge in [0, 0.05) is 29.2 Å². The van der Waals surface area contributed by atoms with Gasteiger partial charge in [-0.2, -0.15) is 9.97 Å². The van der Waals surface area contributed by atoms with Crippen LogP contribution in [0.5, 0.6) is 6.01 Å². The number of allylic oxidation sites excluding steroid dienone is 1. The third-order valence-corrected chi connectivity index (χ3v) is 12.4. The summed E-state index contributed by atoms with van der Waals surface area (Å²) in [7, 11) is 1.46. The number of nitrogens with zero attached hydrogens (tertiary/aromatic N) is 5. The summed E-state index contributed by atoms with van der Waals surface area (Å²) in [6.45, 7) is 13.9. The fourth-order valence-electron chi connectivity index (χ4n) is 9.45. The summed E-state index contributed by atoms with van der Waals surface area (Å²) in [5.74, 6) is 2.32. The van der Waals surface area contributed by atoms with E-state index in [1.54, 1.807) is 32.0 Å². The van der Waals surface area contributed by atoms with E-state index in [-0.39, 0.29) is 52.2 Å². The van der Waals surface area contributed by atoms with Crippen LogP contribution in [0.2, 0.25) is 0 Å². The number of aromatic nitrogens is 3. The molecule has 2 fully saturated rings. The molecule has 0 saturated carbocycles. The minimum atomic E-state index is -0.742. The monoisotopic (exact) mass is 881 g/mol. The van der Waals surface area contributed by atoms with Crippen LogP contribution >= 0.6 is 0 Å². The first-order chi connectivity index (χ1) is 31.0. The summed E-state index contributed by atoms with van der Waals surface area (Å²) < 4.78 is 60.7. The van der Waals surface area contributed by atoms with Crippen LogP contribution in [-0.2, 0) is 27.2 Å². The maximum Gasteiger partial charge on any atom is 0.519 e. The summed E-state index contributed by atoms with van der Waals surface area (Å²) in [4.78, 5) is 42.3. The van der Waals surface area contributed by atoms with Crippen LogP contribution in [-0.4, -0.2) is 89.2 Å². The molecule has 16 heteroatoms. The zero-order chi connectivity index (χ0) is 45.5. The topological polar surface area (TPSA) is 157 Å². The maximum atomic E-state index is 17.7. The quantitative estimate of drug-likeness (QED) is 0.0552. The first-order valence-corrected chi connectivity index (χ1v) is 22.2. The molecule has 3 aliphatic rings. The number of terminal acetylenes is 1. The van der Waals surface area contributed by atoms with Crippen molar-refractivity contribution in [2.24, 2.45) is 0 Å². The minimum Gasteiger partial charge on any atom is -0.496 e. The summed E-state index contributed by atoms with van der Waals surface area (Å²) in [5.41, 5.74) is 1.16. The highest BCUT2D eigenvalue weighted by molar-refractivity contribution is 6.04. The molecule has 0 amide bonds. The number of ether oxygens (including phenoxy) is 3. The predicted molar refractivity (Wildman–Crippen MR) is 241 cm³/mol. The van der Waals surface area contributed by atoms with E-state index in [9.17, 15) is 9.59 Å². The van der Waals surface area contributed by atoms with Crippen LogP contribution in [0.15, 0.2) is 49.4 Å². The summed E-state index contributed by atoms with van der Waals surface area (Å²) >= 11 is 0. The molecule has 5 aromatic rings. The van der Waals surface area contributed by atoms with Gasteiger partial charge in [-0.05, 0) is 108 Å². The molecule has 0 radical (unpaired) electrons. The van der Waals surface area contributed by atoms with Gasteiger partial charge in [0.25, 0.3) is 6.47 Å². The molecule has 8 rings (SSSR count). The normalized spacial score (nSPS) is 17.1. The van der Waals surface area contributed by atoms with E-state index >= 15 is 8.78 Å². The van der Waals surface area contributed by atoms with Gasteiger partial charge in [-0.3, -0.25) is 14.6 Å². The number of nitrogens with one attached hydrogen (secondary N) is 2. The van der Waals surface area contributed by atoms with Crippen LogP contribution in [0.25, 0.3) is 32.9 Å². The Labute approximate surface area is 371 Å². The molecule has 0 spiro atoms. The number of pyridine rings is 1. The van der Waals surface area contributed by atoms with Crippen molar-refractivity contribution in [3.8, 4) is 29.6 Å². The van der Waals surface area contributed by atoms with Crippen molar-refractivity contribution >= 4 is 39.7 Å². The van der Waals surface area contributed by atoms with E-state index in [4.69, 9.17) is 44.4 Å². The number of rotatable bonds is 16. The highest BCUT2D eigenvalue weighted by atomic mass is 19.1. The fourth-order valence-corrected chi connectivity index (χ4v) is 9.45. The number of methoxy groups -OCH3 is 1. The third-order valence-electron chi connectivity index (χ3n) is 12.4. The Morgan fingerprint density at radius 3 is 2.59 bits per heavy atom. The molecule has 0 aliphatic carbocycles. The van der Waals surface area contributed by atoms with Crippen LogP contribution in [0.3, 0.4) is 0 Å². The van der Waals surface area contributed by atoms with E-state index < -0.39 is 17.5 Å². The zero-order valence-corrected chi connectivity index (χ0v) is 37.5. The van der Waals surface area contributed by atoms with Gasteiger partial charge >= 0.3 is 11.8 Å². The van der Waals surface area contributed by atoms with Crippen molar-refractivity contribution in [2.75, 3.05) is 57.1 Å². The molecule has 340 valence electrons. The highest BCUT2D eigenvalue weighted by Gasteiger charge is 2.45. The molecule has 3 aromatic heterocycles. The molecule has 1 atom stereocenters. The number of hydrogen-bond acceptors (Lipinski definition) is 14. The summed E-state index contributed by atoms with van der Waals surface area (Å²) in [5, 5.41) is 8.20. The van der Waals surface area contributed by atoms with Gasteiger partial charge in [0.05, 0.1) is 42.4 Å². The highest BCUT2D eigenvalue weighted by Crippen LogP contribution is 2.42. The Hall–Kier alpha value is -6.05. The number of benzene rings is 2. The van der Waals surface area contributed by atoms with E-state index in [1.807, 2.05) is 13.8 Å². The molecule has 1 unspecified atom stereocenters. The Balaban J connectivity index is 0.00000302. The van der Waals surface area contributed by atoms with Gasteiger partial charge in [-0.15, -0.1) is 6.42 Å². The van der Waals surface area contributed by atoms with E-state index in [1.165, 1.54) is 13.2 Å². The van der Waals surface area contributed by atoms with Crippen molar-refractivity contribution in [2.45, 2.75) is 104 Å². The molecule has 2 saturated heterocycles. The lowest BCUT2D eigenvalue weighted by molar-refractivity contribution is -0.125. The SMILES string of the molecule is C#Cc1c(F)ccc2cc(NC/C(OC)=C(\C)OC=O)cc(-c3nc4c5c(nc(OCC67CCCN6CCC7)nc5c3F)NC(CN(CCC)Cc3oc(=O)oc3C)CCC4)c12.CC. The Morgan fingerprint density at radius 2 is 1.91 bits per heavy atom. The average molecular weight is 882 g/mol. The molecule has 2 N–H and O–H groups in total. The molecule has 14 nitrogen and oxygen atoms in total. The van der Waals surface area contributed by atoms with Crippen LogP contribution in [0.1, 0.15) is 95.4 Å². The lowest BCUT2D eigenvalue weighted by Gasteiger charge is -2.32. The van der Waals surface area contributed by atoms with Crippen molar-refractivity contribution in [1.82, 2.24) is 24.8 Å². The van der Waals surface area contributed by atoms with E-state index in [0.29, 0.717) is 96.1 Å². The predicted octanol–water partition coefficient (Wildman–Crippen LogP) is 8.48. The lowest BCUT2D eigenvalue weighted by atomic mass is 9.94. The fraction of sp³-hybridized carbons (Fsp3) is 0.479. The van der Waals surface area contributed by atoms with Gasteiger partial charge in [-0.25, -0.2) is 18.6 Å². The van der Waals surface area contributed by atoms with Crippen LogP contribution < -0.4 is 21.2 Å². The Bertz CT molecular complexity index is 2630. The van der Waals surface area contributed by atoms with Crippen molar-refractivity contribution in [1.29, 1.82) is 0 Å².